The van der Waals surface area contributed by atoms with E-state index >= 15 is 0 Å². The Bertz CT molecular complexity index is 718. The lowest BCUT2D eigenvalue weighted by Crippen LogP contribution is -2.02. The van der Waals surface area contributed by atoms with Crippen LogP contribution in [0.15, 0.2) is 48.5 Å². The number of aryl methyl sites for hydroxylation is 2. The van der Waals surface area contributed by atoms with Crippen LogP contribution in [-0.2, 0) is 17.4 Å². The summed E-state index contributed by atoms with van der Waals surface area (Å²) in [5.74, 6) is 1.93. The summed E-state index contributed by atoms with van der Waals surface area (Å²) in [6.45, 7) is 4.92. The second-order valence-corrected chi connectivity index (χ2v) is 11.4. The molecule has 0 amide bonds. The van der Waals surface area contributed by atoms with Gasteiger partial charge in [0.15, 0.2) is 0 Å². The number of alkyl halides is 1. The van der Waals surface area contributed by atoms with E-state index in [1.54, 1.807) is 0 Å². The summed E-state index contributed by atoms with van der Waals surface area (Å²) >= 11 is 5.86. The van der Waals surface area contributed by atoms with Crippen molar-refractivity contribution in [2.24, 2.45) is 0 Å². The minimum atomic E-state index is -1.57. The number of unbranched alkanes of at least 4 members (excludes halogenated alkanes) is 12. The zero-order valence-electron chi connectivity index (χ0n) is 23.4. The molecule has 0 fully saturated rings. The van der Waals surface area contributed by atoms with Crippen LogP contribution in [0.3, 0.4) is 0 Å². The van der Waals surface area contributed by atoms with Gasteiger partial charge in [-0.2, -0.15) is 0 Å². The maximum Gasteiger partial charge on any atom is 0.463 e. The van der Waals surface area contributed by atoms with Gasteiger partial charge in [-0.05, 0) is 61.1 Å². The van der Waals surface area contributed by atoms with E-state index in [1.807, 2.05) is 24.3 Å². The number of rotatable bonds is 23. The highest BCUT2D eigenvalue weighted by molar-refractivity contribution is 7.42. The molecular weight excluding hydrogens is 499 g/mol. The third kappa shape index (κ3) is 15.7. The van der Waals surface area contributed by atoms with Gasteiger partial charge in [-0.3, -0.25) is 4.52 Å². The lowest BCUT2D eigenvalue weighted by atomic mass is 10.0. The van der Waals surface area contributed by atoms with E-state index in [0.29, 0.717) is 12.5 Å². The molecule has 0 aliphatic heterocycles. The molecule has 0 radical (unpaired) electrons. The average molecular weight is 549 g/mol. The van der Waals surface area contributed by atoms with Crippen molar-refractivity contribution in [2.75, 3.05) is 12.5 Å². The van der Waals surface area contributed by atoms with Crippen LogP contribution in [-0.4, -0.2) is 12.5 Å². The smallest absolute Gasteiger partial charge is 0.418 e. The van der Waals surface area contributed by atoms with Gasteiger partial charge in [0.2, 0.25) is 0 Å². The Hall–Kier alpha value is -1.28. The molecule has 208 valence electrons. The Morgan fingerprint density at radius 1 is 0.541 bits per heavy atom. The zero-order chi connectivity index (χ0) is 26.4. The molecule has 5 heteroatoms. The van der Waals surface area contributed by atoms with Crippen LogP contribution < -0.4 is 9.05 Å². The minimum absolute atomic E-state index is 0.389. The van der Waals surface area contributed by atoms with E-state index in [0.717, 1.165) is 24.3 Å². The van der Waals surface area contributed by atoms with Gasteiger partial charge in [-0.15, -0.1) is 11.6 Å². The first-order valence-corrected chi connectivity index (χ1v) is 16.4. The SMILES string of the molecule is CCCCCCCCCc1ccc(OP(OCCCl)Oc2ccc(CCCCCCCCC)cc2)cc1. The predicted octanol–water partition coefficient (Wildman–Crippen LogP) is 11.2. The maximum atomic E-state index is 6.07. The van der Waals surface area contributed by atoms with Crippen molar-refractivity contribution in [1.82, 2.24) is 0 Å². The van der Waals surface area contributed by atoms with Crippen molar-refractivity contribution < 1.29 is 13.6 Å². The largest absolute Gasteiger partial charge is 0.463 e. The molecule has 0 saturated carbocycles. The summed E-state index contributed by atoms with van der Waals surface area (Å²) in [4.78, 5) is 0. The van der Waals surface area contributed by atoms with Crippen molar-refractivity contribution in [3.8, 4) is 11.5 Å². The van der Waals surface area contributed by atoms with E-state index in [4.69, 9.17) is 25.2 Å². The topological polar surface area (TPSA) is 27.7 Å². The quantitative estimate of drug-likeness (QED) is 0.0784. The summed E-state index contributed by atoms with van der Waals surface area (Å²) in [6, 6.07) is 16.7. The Balaban J connectivity index is 1.74. The molecule has 0 aromatic heterocycles. The molecule has 0 aliphatic rings. The molecule has 2 aromatic rings. The molecule has 3 nitrogen and oxygen atoms in total. The second kappa shape index (κ2) is 21.6. The molecule has 0 bridgehead atoms. The van der Waals surface area contributed by atoms with Gasteiger partial charge in [0.05, 0.1) is 6.61 Å². The minimum Gasteiger partial charge on any atom is -0.418 e. The van der Waals surface area contributed by atoms with Gasteiger partial charge in [0, 0.05) is 5.88 Å². The molecule has 0 heterocycles. The van der Waals surface area contributed by atoms with Gasteiger partial charge < -0.3 is 9.05 Å². The molecule has 0 N–H and O–H groups in total. The second-order valence-electron chi connectivity index (χ2n) is 9.96. The normalized spacial score (nSPS) is 11.2. The molecule has 37 heavy (non-hydrogen) atoms. The average Bonchev–Trinajstić information content (AvgIpc) is 2.92. The Kier molecular flexibility index (Phi) is 18.7. The molecule has 0 unspecified atom stereocenters. The summed E-state index contributed by atoms with van der Waals surface area (Å²) in [5, 5.41) is 0. The Morgan fingerprint density at radius 2 is 0.919 bits per heavy atom. The lowest BCUT2D eigenvalue weighted by molar-refractivity contribution is 0.281. The van der Waals surface area contributed by atoms with Crippen LogP contribution in [0, 0.1) is 0 Å². The number of halogens is 1. The first-order valence-electron chi connectivity index (χ1n) is 14.8. The zero-order valence-corrected chi connectivity index (χ0v) is 25.0. The fraction of sp³-hybridized carbons (Fsp3) is 0.625. The van der Waals surface area contributed by atoms with Gasteiger partial charge in [0.25, 0.3) is 0 Å². The number of hydrogen-bond acceptors (Lipinski definition) is 3. The highest BCUT2D eigenvalue weighted by atomic mass is 35.5. The van der Waals surface area contributed by atoms with Crippen molar-refractivity contribution >= 4 is 20.2 Å². The van der Waals surface area contributed by atoms with Crippen molar-refractivity contribution in [1.29, 1.82) is 0 Å². The molecule has 2 rings (SSSR count). The highest BCUT2D eigenvalue weighted by Gasteiger charge is 2.17. The number of hydrogen-bond donors (Lipinski definition) is 0. The lowest BCUT2D eigenvalue weighted by Gasteiger charge is -2.17. The van der Waals surface area contributed by atoms with Crippen LogP contribution in [0.25, 0.3) is 0 Å². The van der Waals surface area contributed by atoms with Crippen molar-refractivity contribution in [3.63, 3.8) is 0 Å². The fourth-order valence-corrected chi connectivity index (χ4v) is 5.51. The van der Waals surface area contributed by atoms with E-state index in [2.05, 4.69) is 38.1 Å². The first-order chi connectivity index (χ1) is 18.2. The van der Waals surface area contributed by atoms with Crippen LogP contribution in [0.1, 0.15) is 115 Å². The highest BCUT2D eigenvalue weighted by Crippen LogP contribution is 2.41. The first kappa shape index (κ1) is 31.9. The standard InChI is InChI=1S/C32H50ClO3P/c1-3-5-7-9-11-13-15-17-29-19-23-31(24-20-29)35-37(34-28-27-33)36-32-25-21-30(22-26-32)18-16-14-12-10-8-6-4-2/h19-26H,3-18,27-28H2,1-2H3. The molecule has 0 saturated heterocycles. The maximum absolute atomic E-state index is 6.07. The van der Waals surface area contributed by atoms with Gasteiger partial charge in [-0.1, -0.05) is 115 Å². The van der Waals surface area contributed by atoms with Crippen molar-refractivity contribution in [3.05, 3.63) is 59.7 Å². The van der Waals surface area contributed by atoms with Gasteiger partial charge in [0.1, 0.15) is 11.5 Å². The molecule has 0 atom stereocenters. The molecular formula is C32H50ClO3P. The van der Waals surface area contributed by atoms with Crippen LogP contribution in [0.5, 0.6) is 11.5 Å². The van der Waals surface area contributed by atoms with E-state index in [1.165, 1.54) is 101 Å². The van der Waals surface area contributed by atoms with Crippen molar-refractivity contribution in [2.45, 2.75) is 117 Å². The summed E-state index contributed by atoms with van der Waals surface area (Å²) in [5.41, 5.74) is 2.70. The predicted molar refractivity (Wildman–Crippen MR) is 161 cm³/mol. The van der Waals surface area contributed by atoms with Crippen LogP contribution in [0.2, 0.25) is 0 Å². The molecule has 2 aromatic carbocycles. The Morgan fingerprint density at radius 3 is 1.30 bits per heavy atom. The van der Waals surface area contributed by atoms with Gasteiger partial charge in [-0.25, -0.2) is 0 Å². The Labute approximate surface area is 233 Å². The third-order valence-corrected chi connectivity index (χ3v) is 7.89. The van der Waals surface area contributed by atoms with E-state index in [9.17, 15) is 0 Å². The summed E-state index contributed by atoms with van der Waals surface area (Å²) < 4.78 is 17.9. The monoisotopic (exact) mass is 548 g/mol. The molecule has 0 spiro atoms. The van der Waals surface area contributed by atoms with Crippen LogP contribution >= 0.6 is 20.2 Å². The van der Waals surface area contributed by atoms with Gasteiger partial charge >= 0.3 is 8.60 Å². The fourth-order valence-electron chi connectivity index (χ4n) is 4.36. The summed E-state index contributed by atoms with van der Waals surface area (Å²) in [6.07, 6.45) is 20.9. The molecule has 0 aliphatic carbocycles. The van der Waals surface area contributed by atoms with Crippen LogP contribution in [0.4, 0.5) is 0 Å². The number of benzene rings is 2. The van der Waals surface area contributed by atoms with E-state index < -0.39 is 8.60 Å². The van der Waals surface area contributed by atoms with E-state index in [-0.39, 0.29) is 0 Å². The third-order valence-electron chi connectivity index (χ3n) is 6.62. The summed E-state index contributed by atoms with van der Waals surface area (Å²) in [7, 11) is -1.57.